The molecule has 1 aromatic heterocycles. The van der Waals surface area contributed by atoms with E-state index in [4.69, 9.17) is 4.74 Å². The number of nitrogens with zero attached hydrogens (tertiary/aromatic N) is 2. The summed E-state index contributed by atoms with van der Waals surface area (Å²) in [7, 11) is 0. The largest absolute Gasteiger partial charge is 0.474 e. The number of rotatable bonds is 3. The van der Waals surface area contributed by atoms with Crippen molar-refractivity contribution in [3.05, 3.63) is 23.9 Å². The number of aromatic nitrogens is 1. The lowest BCUT2D eigenvalue weighted by Gasteiger charge is -2.34. The lowest BCUT2D eigenvalue weighted by atomic mass is 10.1. The minimum atomic E-state index is -4.35. The molecule has 0 saturated carbocycles. The van der Waals surface area contributed by atoms with Crippen molar-refractivity contribution < 1.29 is 17.9 Å². The molecule has 0 bridgehead atoms. The van der Waals surface area contributed by atoms with Crippen molar-refractivity contribution in [2.75, 3.05) is 13.1 Å². The van der Waals surface area contributed by atoms with E-state index in [-0.39, 0.29) is 12.0 Å². The van der Waals surface area contributed by atoms with Gasteiger partial charge >= 0.3 is 6.18 Å². The molecular formula is C14H19F3N2O. The summed E-state index contributed by atoms with van der Waals surface area (Å²) in [4.78, 5) is 6.10. The number of alkyl halides is 3. The minimum absolute atomic E-state index is 0.0363. The molecule has 1 aromatic rings. The van der Waals surface area contributed by atoms with Crippen molar-refractivity contribution in [3.63, 3.8) is 0 Å². The predicted octanol–water partition coefficient (Wildman–Crippen LogP) is 3.35. The first kappa shape index (κ1) is 15.1. The summed E-state index contributed by atoms with van der Waals surface area (Å²) in [5.74, 6) is 0.265. The fourth-order valence-electron chi connectivity index (χ4n) is 2.30. The molecule has 20 heavy (non-hydrogen) atoms. The van der Waals surface area contributed by atoms with Crippen LogP contribution in [0.5, 0.6) is 5.88 Å². The molecular weight excluding hydrogens is 269 g/mol. The SMILES string of the molecule is CC(C)N1CCC(Oc2ccc(C(F)(F)F)cn2)CC1. The van der Waals surface area contributed by atoms with Crippen LogP contribution in [0.2, 0.25) is 0 Å². The Morgan fingerprint density at radius 1 is 1.25 bits per heavy atom. The van der Waals surface area contributed by atoms with Crippen LogP contribution in [-0.2, 0) is 6.18 Å². The maximum absolute atomic E-state index is 12.4. The van der Waals surface area contributed by atoms with E-state index in [1.54, 1.807) is 0 Å². The monoisotopic (exact) mass is 288 g/mol. The van der Waals surface area contributed by atoms with E-state index in [2.05, 4.69) is 23.7 Å². The molecule has 0 unspecified atom stereocenters. The van der Waals surface area contributed by atoms with Crippen LogP contribution in [0.1, 0.15) is 32.3 Å². The maximum atomic E-state index is 12.4. The molecule has 1 saturated heterocycles. The van der Waals surface area contributed by atoms with Crippen molar-refractivity contribution >= 4 is 0 Å². The van der Waals surface area contributed by atoms with Gasteiger partial charge in [0.25, 0.3) is 0 Å². The summed E-state index contributed by atoms with van der Waals surface area (Å²) in [5, 5.41) is 0. The molecule has 112 valence electrons. The molecule has 3 nitrogen and oxygen atoms in total. The fourth-order valence-corrected chi connectivity index (χ4v) is 2.30. The van der Waals surface area contributed by atoms with Gasteiger partial charge in [0.05, 0.1) is 5.56 Å². The molecule has 0 aromatic carbocycles. The highest BCUT2D eigenvalue weighted by molar-refractivity contribution is 5.20. The van der Waals surface area contributed by atoms with Crippen LogP contribution in [0.4, 0.5) is 13.2 Å². The quantitative estimate of drug-likeness (QED) is 0.853. The summed E-state index contributed by atoms with van der Waals surface area (Å²) in [6.07, 6.45) is -1.75. The minimum Gasteiger partial charge on any atom is -0.474 e. The van der Waals surface area contributed by atoms with Crippen LogP contribution in [0.15, 0.2) is 18.3 Å². The molecule has 0 atom stereocenters. The average molecular weight is 288 g/mol. The van der Waals surface area contributed by atoms with Crippen molar-refractivity contribution in [3.8, 4) is 5.88 Å². The van der Waals surface area contributed by atoms with Crippen LogP contribution in [0, 0.1) is 0 Å². The second kappa shape index (κ2) is 5.99. The molecule has 2 heterocycles. The van der Waals surface area contributed by atoms with Crippen LogP contribution < -0.4 is 4.74 Å². The van der Waals surface area contributed by atoms with Crippen molar-refractivity contribution in [1.82, 2.24) is 9.88 Å². The van der Waals surface area contributed by atoms with Gasteiger partial charge in [0.15, 0.2) is 0 Å². The summed E-state index contributed by atoms with van der Waals surface area (Å²) < 4.78 is 42.9. The van der Waals surface area contributed by atoms with Crippen LogP contribution >= 0.6 is 0 Å². The molecule has 0 amide bonds. The van der Waals surface area contributed by atoms with Gasteiger partial charge in [0, 0.05) is 31.4 Å². The lowest BCUT2D eigenvalue weighted by molar-refractivity contribution is -0.137. The van der Waals surface area contributed by atoms with Gasteiger partial charge in [-0.3, -0.25) is 0 Å². The third-order valence-electron chi connectivity index (χ3n) is 3.56. The fraction of sp³-hybridized carbons (Fsp3) is 0.643. The van der Waals surface area contributed by atoms with Crippen LogP contribution in [-0.4, -0.2) is 35.1 Å². The normalized spacial score (nSPS) is 18.5. The molecule has 2 rings (SSSR count). The lowest BCUT2D eigenvalue weighted by Crippen LogP contribution is -2.41. The Bertz CT molecular complexity index is 423. The van der Waals surface area contributed by atoms with Gasteiger partial charge in [-0.05, 0) is 32.8 Å². The number of hydrogen-bond acceptors (Lipinski definition) is 3. The molecule has 0 spiro atoms. The third kappa shape index (κ3) is 3.85. The first-order valence-corrected chi connectivity index (χ1v) is 6.80. The Morgan fingerprint density at radius 2 is 1.90 bits per heavy atom. The number of ether oxygens (including phenoxy) is 1. The Labute approximate surface area is 116 Å². The van der Waals surface area contributed by atoms with Gasteiger partial charge in [-0.2, -0.15) is 13.2 Å². The predicted molar refractivity (Wildman–Crippen MR) is 69.6 cm³/mol. The number of pyridine rings is 1. The number of halogens is 3. The summed E-state index contributed by atoms with van der Waals surface area (Å²) >= 11 is 0. The third-order valence-corrected chi connectivity index (χ3v) is 3.56. The van der Waals surface area contributed by atoms with E-state index < -0.39 is 11.7 Å². The Balaban J connectivity index is 1.89. The Kier molecular flexibility index (Phi) is 4.52. The van der Waals surface area contributed by atoms with Gasteiger partial charge in [-0.15, -0.1) is 0 Å². The van der Waals surface area contributed by atoms with Crippen LogP contribution in [0.25, 0.3) is 0 Å². The summed E-state index contributed by atoms with van der Waals surface area (Å²) in [5.41, 5.74) is -0.750. The maximum Gasteiger partial charge on any atom is 0.417 e. The van der Waals surface area contributed by atoms with Gasteiger partial charge < -0.3 is 9.64 Å². The van der Waals surface area contributed by atoms with E-state index in [9.17, 15) is 13.2 Å². The van der Waals surface area contributed by atoms with E-state index in [0.29, 0.717) is 6.04 Å². The number of likely N-dealkylation sites (tertiary alicyclic amines) is 1. The van der Waals surface area contributed by atoms with Gasteiger partial charge in [-0.1, -0.05) is 0 Å². The highest BCUT2D eigenvalue weighted by Gasteiger charge is 2.31. The smallest absolute Gasteiger partial charge is 0.417 e. The average Bonchev–Trinajstić information content (AvgIpc) is 2.39. The molecule has 1 aliphatic rings. The van der Waals surface area contributed by atoms with Gasteiger partial charge in [0.1, 0.15) is 6.10 Å². The van der Waals surface area contributed by atoms with Crippen LogP contribution in [0.3, 0.4) is 0 Å². The number of piperidine rings is 1. The molecule has 1 aliphatic heterocycles. The Morgan fingerprint density at radius 3 is 2.35 bits per heavy atom. The zero-order valence-corrected chi connectivity index (χ0v) is 11.7. The standard InChI is InChI=1S/C14H19F3N2O/c1-10(2)19-7-5-12(6-8-19)20-13-4-3-11(9-18-13)14(15,16)17/h3-4,9-10,12H,5-8H2,1-2H3. The highest BCUT2D eigenvalue weighted by atomic mass is 19.4. The second-order valence-corrected chi connectivity index (χ2v) is 5.33. The molecule has 1 fully saturated rings. The second-order valence-electron chi connectivity index (χ2n) is 5.33. The Hall–Kier alpha value is -1.30. The summed E-state index contributed by atoms with van der Waals surface area (Å²) in [6.45, 7) is 6.20. The number of hydrogen-bond donors (Lipinski definition) is 0. The van der Waals surface area contributed by atoms with E-state index in [1.807, 2.05) is 0 Å². The molecule has 6 heteroatoms. The zero-order chi connectivity index (χ0) is 14.8. The van der Waals surface area contributed by atoms with Gasteiger partial charge in [0.2, 0.25) is 5.88 Å². The highest BCUT2D eigenvalue weighted by Crippen LogP contribution is 2.29. The van der Waals surface area contributed by atoms with Gasteiger partial charge in [-0.25, -0.2) is 4.98 Å². The summed E-state index contributed by atoms with van der Waals surface area (Å²) in [6, 6.07) is 2.81. The molecule has 0 radical (unpaired) electrons. The zero-order valence-electron chi connectivity index (χ0n) is 11.7. The first-order valence-electron chi connectivity index (χ1n) is 6.80. The van der Waals surface area contributed by atoms with E-state index in [1.165, 1.54) is 6.07 Å². The molecule has 0 N–H and O–H groups in total. The van der Waals surface area contributed by atoms with Crippen molar-refractivity contribution in [1.29, 1.82) is 0 Å². The van der Waals surface area contributed by atoms with E-state index in [0.717, 1.165) is 38.2 Å². The molecule has 0 aliphatic carbocycles. The topological polar surface area (TPSA) is 25.4 Å². The van der Waals surface area contributed by atoms with E-state index >= 15 is 0 Å². The van der Waals surface area contributed by atoms with Crippen molar-refractivity contribution in [2.45, 2.75) is 45.0 Å². The first-order chi connectivity index (χ1) is 9.36. The van der Waals surface area contributed by atoms with Crippen molar-refractivity contribution in [2.24, 2.45) is 0 Å².